The molecule has 0 bridgehead atoms. The van der Waals surface area contributed by atoms with Crippen molar-refractivity contribution in [3.05, 3.63) is 71.3 Å². The van der Waals surface area contributed by atoms with Gasteiger partial charge in [-0.15, -0.1) is 0 Å². The van der Waals surface area contributed by atoms with Crippen LogP contribution in [-0.4, -0.2) is 24.1 Å². The Morgan fingerprint density at radius 1 is 1.00 bits per heavy atom. The molecule has 2 N–H and O–H groups in total. The summed E-state index contributed by atoms with van der Waals surface area (Å²) in [5, 5.41) is 4.96. The van der Waals surface area contributed by atoms with Crippen molar-refractivity contribution < 1.29 is 27.5 Å². The Hall–Kier alpha value is -2.87. The first-order chi connectivity index (χ1) is 13.7. The summed E-state index contributed by atoms with van der Waals surface area (Å²) in [6, 6.07) is 14.0. The molecule has 0 atom stereocenters. The van der Waals surface area contributed by atoms with Crippen molar-refractivity contribution in [3.8, 4) is 0 Å². The molecule has 4 rings (SSSR count). The zero-order valence-electron chi connectivity index (χ0n) is 15.4. The number of alkyl halides is 3. The number of hydrogen-bond acceptors (Lipinski definition) is 3. The average molecular weight is 404 g/mol. The van der Waals surface area contributed by atoms with Crippen LogP contribution in [0.15, 0.2) is 54.6 Å². The average Bonchev–Trinajstić information content (AvgIpc) is 2.95. The topological polar surface area (TPSA) is 67.4 Å². The van der Waals surface area contributed by atoms with Gasteiger partial charge in [0.25, 0.3) is 5.91 Å². The zero-order valence-corrected chi connectivity index (χ0v) is 15.4. The molecular weight excluding hydrogens is 385 g/mol. The van der Waals surface area contributed by atoms with Gasteiger partial charge in [0.05, 0.1) is 18.8 Å². The van der Waals surface area contributed by atoms with Crippen molar-refractivity contribution in [2.45, 2.75) is 36.6 Å². The van der Waals surface area contributed by atoms with Gasteiger partial charge in [-0.05, 0) is 36.1 Å². The molecule has 8 heteroatoms. The number of urea groups is 1. The van der Waals surface area contributed by atoms with E-state index in [1.165, 1.54) is 6.07 Å². The smallest absolute Gasteiger partial charge is 0.376 e. The molecule has 2 aliphatic rings. The summed E-state index contributed by atoms with van der Waals surface area (Å²) in [6.45, 7) is 0.238. The van der Waals surface area contributed by atoms with E-state index in [-0.39, 0.29) is 19.1 Å². The number of hydrogen-bond donors (Lipinski definition) is 2. The van der Waals surface area contributed by atoms with Crippen molar-refractivity contribution >= 4 is 11.9 Å². The first-order valence-corrected chi connectivity index (χ1v) is 9.16. The van der Waals surface area contributed by atoms with E-state index >= 15 is 0 Å². The maximum Gasteiger partial charge on any atom is 0.416 e. The van der Waals surface area contributed by atoms with E-state index < -0.39 is 28.7 Å². The molecule has 3 amide bonds. The number of benzene rings is 2. The number of ether oxygens (including phenoxy) is 1. The van der Waals surface area contributed by atoms with E-state index in [2.05, 4.69) is 10.6 Å². The van der Waals surface area contributed by atoms with Crippen LogP contribution in [0, 0.1) is 0 Å². The third-order valence-electron chi connectivity index (χ3n) is 5.58. The Labute approximate surface area is 165 Å². The first-order valence-electron chi connectivity index (χ1n) is 9.16. The maximum absolute atomic E-state index is 12.9. The Morgan fingerprint density at radius 3 is 2.34 bits per heavy atom. The van der Waals surface area contributed by atoms with Crippen LogP contribution in [0.2, 0.25) is 0 Å². The highest BCUT2D eigenvalue weighted by Gasteiger charge is 2.63. The second kappa shape index (κ2) is 6.88. The minimum absolute atomic E-state index is 0.0179. The van der Waals surface area contributed by atoms with Gasteiger partial charge in [-0.25, -0.2) is 4.79 Å². The minimum atomic E-state index is -4.41. The fourth-order valence-electron chi connectivity index (χ4n) is 4.26. The molecular formula is C21H19F3N2O3. The second-order valence-corrected chi connectivity index (χ2v) is 7.68. The van der Waals surface area contributed by atoms with E-state index in [0.29, 0.717) is 18.4 Å². The van der Waals surface area contributed by atoms with Gasteiger partial charge in [0, 0.05) is 5.41 Å². The second-order valence-electron chi connectivity index (χ2n) is 7.68. The van der Waals surface area contributed by atoms with Crippen LogP contribution < -0.4 is 10.6 Å². The number of rotatable bonds is 5. The Balaban J connectivity index is 1.49. The van der Waals surface area contributed by atoms with Crippen LogP contribution in [0.5, 0.6) is 0 Å². The van der Waals surface area contributed by atoms with E-state index in [4.69, 9.17) is 4.74 Å². The van der Waals surface area contributed by atoms with Gasteiger partial charge in [0.15, 0.2) is 0 Å². The fraction of sp³-hybridized carbons (Fsp3) is 0.333. The molecule has 1 aliphatic carbocycles. The lowest BCUT2D eigenvalue weighted by molar-refractivity contribution is -0.137. The maximum atomic E-state index is 12.9. The number of carbonyl (C=O) groups is 2. The summed E-state index contributed by atoms with van der Waals surface area (Å²) in [6.07, 6.45) is -3.68. The van der Waals surface area contributed by atoms with Crippen molar-refractivity contribution in [2.75, 3.05) is 6.61 Å². The van der Waals surface area contributed by atoms with Gasteiger partial charge in [0.1, 0.15) is 5.54 Å². The largest absolute Gasteiger partial charge is 0.416 e. The summed E-state index contributed by atoms with van der Waals surface area (Å²) in [4.78, 5) is 23.7. The van der Waals surface area contributed by atoms with Gasteiger partial charge in [-0.2, -0.15) is 13.2 Å². The number of halogens is 3. The molecule has 29 heavy (non-hydrogen) atoms. The molecule has 1 saturated carbocycles. The van der Waals surface area contributed by atoms with Gasteiger partial charge in [-0.3, -0.25) is 10.1 Å². The monoisotopic (exact) mass is 404 g/mol. The molecule has 0 radical (unpaired) electrons. The van der Waals surface area contributed by atoms with Crippen LogP contribution in [0.1, 0.15) is 29.5 Å². The molecule has 2 fully saturated rings. The molecule has 2 aromatic rings. The fourth-order valence-corrected chi connectivity index (χ4v) is 4.26. The predicted molar refractivity (Wildman–Crippen MR) is 97.9 cm³/mol. The number of carbonyl (C=O) groups excluding carboxylic acids is 2. The number of amides is 3. The van der Waals surface area contributed by atoms with Crippen LogP contribution in [0.25, 0.3) is 0 Å². The van der Waals surface area contributed by atoms with Crippen LogP contribution >= 0.6 is 0 Å². The number of imide groups is 1. The molecule has 1 heterocycles. The molecule has 5 nitrogen and oxygen atoms in total. The van der Waals surface area contributed by atoms with Gasteiger partial charge >= 0.3 is 12.2 Å². The molecule has 0 unspecified atom stereocenters. The summed E-state index contributed by atoms with van der Waals surface area (Å²) < 4.78 is 44.5. The lowest BCUT2D eigenvalue weighted by Gasteiger charge is -2.52. The lowest BCUT2D eigenvalue weighted by Crippen LogP contribution is -2.65. The minimum Gasteiger partial charge on any atom is -0.376 e. The quantitative estimate of drug-likeness (QED) is 0.750. The van der Waals surface area contributed by atoms with Crippen molar-refractivity contribution in [1.29, 1.82) is 0 Å². The highest BCUT2D eigenvalue weighted by molar-refractivity contribution is 6.08. The predicted octanol–water partition coefficient (Wildman–Crippen LogP) is 3.53. The molecule has 152 valence electrons. The van der Waals surface area contributed by atoms with E-state index in [1.807, 2.05) is 30.3 Å². The summed E-state index contributed by atoms with van der Waals surface area (Å²) in [5.41, 5.74) is -0.790. The van der Waals surface area contributed by atoms with E-state index in [9.17, 15) is 22.8 Å². The molecule has 1 saturated heterocycles. The van der Waals surface area contributed by atoms with Crippen LogP contribution in [-0.2, 0) is 27.7 Å². The zero-order chi connectivity index (χ0) is 20.7. The highest BCUT2D eigenvalue weighted by atomic mass is 19.4. The molecule has 1 spiro atoms. The molecule has 0 aromatic heterocycles. The third kappa shape index (κ3) is 3.60. The Bertz CT molecular complexity index is 938. The van der Waals surface area contributed by atoms with Gasteiger partial charge in [0.2, 0.25) is 0 Å². The summed E-state index contributed by atoms with van der Waals surface area (Å²) in [7, 11) is 0. The SMILES string of the molecule is O=C1NC(=O)[C@]2(C[C@@](COCc3cccc(C(F)(F)F)c3)(c3ccccc3)C2)N1. The third-order valence-corrected chi connectivity index (χ3v) is 5.58. The van der Waals surface area contributed by atoms with Crippen molar-refractivity contribution in [2.24, 2.45) is 0 Å². The van der Waals surface area contributed by atoms with E-state index in [1.54, 1.807) is 6.07 Å². The molecule has 1 aliphatic heterocycles. The first kappa shape index (κ1) is 19.4. The normalized spacial score (nSPS) is 26.2. The lowest BCUT2D eigenvalue weighted by atomic mass is 9.54. The standard InChI is InChI=1S/C21H19F3N2O3/c22-21(23,24)16-8-4-5-14(9-16)10-29-13-19(15-6-2-1-3-7-15)11-20(12-19)17(27)25-18(28)26-20/h1-9H,10-13H2,(H2,25,26,27,28)/t19-,20-. The van der Waals surface area contributed by atoms with Crippen molar-refractivity contribution in [3.63, 3.8) is 0 Å². The number of nitrogens with one attached hydrogen (secondary N) is 2. The van der Waals surface area contributed by atoms with Crippen LogP contribution in [0.3, 0.4) is 0 Å². The molecule has 2 aromatic carbocycles. The summed E-state index contributed by atoms with van der Waals surface area (Å²) in [5.74, 6) is -0.355. The van der Waals surface area contributed by atoms with E-state index in [0.717, 1.165) is 17.7 Å². The van der Waals surface area contributed by atoms with Gasteiger partial charge in [-0.1, -0.05) is 42.5 Å². The highest BCUT2D eigenvalue weighted by Crippen LogP contribution is 2.51. The van der Waals surface area contributed by atoms with Gasteiger partial charge < -0.3 is 10.1 Å². The van der Waals surface area contributed by atoms with Crippen molar-refractivity contribution in [1.82, 2.24) is 10.6 Å². The summed E-state index contributed by atoms with van der Waals surface area (Å²) >= 11 is 0. The Kier molecular flexibility index (Phi) is 4.61. The Morgan fingerprint density at radius 2 is 1.72 bits per heavy atom. The van der Waals surface area contributed by atoms with Crippen LogP contribution in [0.4, 0.5) is 18.0 Å².